The minimum Gasteiger partial charge on any atom is -0.478 e. The number of halogens is 1. The number of nitrogens with one attached hydrogen (secondary N) is 3. The first kappa shape index (κ1) is 15.0. The summed E-state index contributed by atoms with van der Waals surface area (Å²) in [4.78, 5) is 22.8. The van der Waals surface area contributed by atoms with E-state index in [4.69, 9.17) is 5.11 Å². The molecule has 0 aliphatic carbocycles. The third-order valence-electron chi connectivity index (χ3n) is 2.83. The van der Waals surface area contributed by atoms with Gasteiger partial charge in [-0.25, -0.2) is 9.59 Å². The molecular formula is C13H13BrN4O3. The topological polar surface area (TPSA) is 107 Å². The number of carboxylic acids is 1. The van der Waals surface area contributed by atoms with Crippen molar-refractivity contribution < 1.29 is 14.7 Å². The second-order valence-corrected chi connectivity index (χ2v) is 5.24. The number of hydrogen-bond acceptors (Lipinski definition) is 3. The lowest BCUT2D eigenvalue weighted by molar-refractivity contribution is 0.0697. The molecule has 0 unspecified atom stereocenters. The van der Waals surface area contributed by atoms with Gasteiger partial charge in [-0.1, -0.05) is 0 Å². The van der Waals surface area contributed by atoms with E-state index in [2.05, 4.69) is 36.8 Å². The number of carboxylic acid groups (broad SMARTS) is 1. The Hall–Kier alpha value is -2.35. The molecular weight excluding hydrogens is 340 g/mol. The molecule has 8 heteroatoms. The normalized spacial score (nSPS) is 10.2. The molecule has 0 atom stereocenters. The number of aryl methyl sites for hydroxylation is 2. The molecule has 0 aliphatic heterocycles. The largest absolute Gasteiger partial charge is 0.478 e. The van der Waals surface area contributed by atoms with Crippen LogP contribution in [-0.4, -0.2) is 27.3 Å². The monoisotopic (exact) mass is 352 g/mol. The van der Waals surface area contributed by atoms with Crippen molar-refractivity contribution in [1.29, 1.82) is 0 Å². The number of anilines is 2. The van der Waals surface area contributed by atoms with Gasteiger partial charge in [-0.3, -0.25) is 5.10 Å². The molecule has 0 saturated heterocycles. The smallest absolute Gasteiger partial charge is 0.335 e. The predicted octanol–water partition coefficient (Wildman–Crippen LogP) is 3.13. The third kappa shape index (κ3) is 3.40. The highest BCUT2D eigenvalue weighted by molar-refractivity contribution is 9.10. The average Bonchev–Trinajstić information content (AvgIpc) is 2.72. The number of aromatic amines is 1. The third-order valence-corrected chi connectivity index (χ3v) is 3.49. The molecule has 1 aromatic carbocycles. The van der Waals surface area contributed by atoms with Gasteiger partial charge in [-0.05, 0) is 48.0 Å². The van der Waals surface area contributed by atoms with Crippen LogP contribution in [0.5, 0.6) is 0 Å². The van der Waals surface area contributed by atoms with E-state index in [1.165, 1.54) is 18.2 Å². The van der Waals surface area contributed by atoms with Gasteiger partial charge in [0.1, 0.15) is 0 Å². The summed E-state index contributed by atoms with van der Waals surface area (Å²) in [6.07, 6.45) is 0. The maximum Gasteiger partial charge on any atom is 0.335 e. The van der Waals surface area contributed by atoms with Crippen molar-refractivity contribution >= 4 is 39.3 Å². The van der Waals surface area contributed by atoms with Gasteiger partial charge in [0, 0.05) is 4.47 Å². The zero-order chi connectivity index (χ0) is 15.6. The first-order valence-corrected chi connectivity index (χ1v) is 6.80. The van der Waals surface area contributed by atoms with Crippen molar-refractivity contribution in [3.05, 3.63) is 39.6 Å². The van der Waals surface area contributed by atoms with E-state index >= 15 is 0 Å². The molecule has 0 aliphatic rings. The van der Waals surface area contributed by atoms with E-state index < -0.39 is 12.0 Å². The number of urea groups is 1. The molecule has 21 heavy (non-hydrogen) atoms. The number of rotatable bonds is 3. The number of hydrogen-bond donors (Lipinski definition) is 4. The number of aromatic nitrogens is 2. The number of benzene rings is 1. The average molecular weight is 353 g/mol. The number of nitrogens with zero attached hydrogens (tertiary/aromatic N) is 1. The number of amides is 2. The summed E-state index contributed by atoms with van der Waals surface area (Å²) in [5.74, 6) is -1.03. The Morgan fingerprint density at radius 1 is 1.29 bits per heavy atom. The van der Waals surface area contributed by atoms with E-state index in [0.29, 0.717) is 21.5 Å². The van der Waals surface area contributed by atoms with Crippen LogP contribution in [0.4, 0.5) is 16.2 Å². The van der Waals surface area contributed by atoms with Crippen LogP contribution >= 0.6 is 15.9 Å². The van der Waals surface area contributed by atoms with Crippen molar-refractivity contribution in [3.8, 4) is 0 Å². The van der Waals surface area contributed by atoms with E-state index in [0.717, 1.165) is 5.69 Å². The Balaban J connectivity index is 2.11. The van der Waals surface area contributed by atoms with Crippen LogP contribution in [0, 0.1) is 13.8 Å². The molecule has 2 amide bonds. The van der Waals surface area contributed by atoms with E-state index in [1.54, 1.807) is 13.8 Å². The molecule has 0 bridgehead atoms. The molecule has 0 radical (unpaired) electrons. The predicted molar refractivity (Wildman–Crippen MR) is 81.8 cm³/mol. The molecule has 1 aromatic heterocycles. The molecule has 0 fully saturated rings. The SMILES string of the molecule is Cc1n[nH]c(C)c1NC(=O)Nc1ccc(C(=O)O)cc1Br. The standard InChI is InChI=1S/C13H13BrN4O3/c1-6-11(7(2)18-17-6)16-13(21)15-10-4-3-8(12(19)20)5-9(10)14/h3-5H,1-2H3,(H,17,18)(H,19,20)(H2,15,16,21). The summed E-state index contributed by atoms with van der Waals surface area (Å²) in [6, 6.07) is 3.91. The summed E-state index contributed by atoms with van der Waals surface area (Å²) in [5, 5.41) is 21.0. The van der Waals surface area contributed by atoms with Gasteiger partial charge in [-0.2, -0.15) is 5.10 Å². The highest BCUT2D eigenvalue weighted by Crippen LogP contribution is 2.24. The van der Waals surface area contributed by atoms with Gasteiger partial charge in [-0.15, -0.1) is 0 Å². The summed E-state index contributed by atoms with van der Waals surface area (Å²) < 4.78 is 0.484. The Bertz CT molecular complexity index is 692. The molecule has 110 valence electrons. The Morgan fingerprint density at radius 3 is 2.52 bits per heavy atom. The second-order valence-electron chi connectivity index (χ2n) is 4.39. The molecule has 0 saturated carbocycles. The Morgan fingerprint density at radius 2 is 2.00 bits per heavy atom. The molecule has 0 spiro atoms. The quantitative estimate of drug-likeness (QED) is 0.680. The first-order chi connectivity index (χ1) is 9.88. The lowest BCUT2D eigenvalue weighted by atomic mass is 10.2. The van der Waals surface area contributed by atoms with Gasteiger partial charge in [0.2, 0.25) is 0 Å². The summed E-state index contributed by atoms with van der Waals surface area (Å²) in [7, 11) is 0. The van der Waals surface area contributed by atoms with Crippen LogP contribution in [-0.2, 0) is 0 Å². The van der Waals surface area contributed by atoms with Crippen LogP contribution in [0.25, 0.3) is 0 Å². The number of H-pyrrole nitrogens is 1. The summed E-state index contributed by atoms with van der Waals surface area (Å²) in [5.41, 5.74) is 2.65. The minimum atomic E-state index is -1.03. The van der Waals surface area contributed by atoms with Crippen LogP contribution < -0.4 is 10.6 Å². The van der Waals surface area contributed by atoms with E-state index in [1.807, 2.05) is 0 Å². The van der Waals surface area contributed by atoms with Crippen molar-refractivity contribution in [2.24, 2.45) is 0 Å². The van der Waals surface area contributed by atoms with Crippen molar-refractivity contribution in [3.63, 3.8) is 0 Å². The van der Waals surface area contributed by atoms with Crippen molar-refractivity contribution in [2.45, 2.75) is 13.8 Å². The van der Waals surface area contributed by atoms with Gasteiger partial charge in [0.05, 0.1) is 28.3 Å². The fourth-order valence-corrected chi connectivity index (χ4v) is 2.23. The molecule has 2 aromatic rings. The lowest BCUT2D eigenvalue weighted by Crippen LogP contribution is -2.20. The van der Waals surface area contributed by atoms with E-state index in [-0.39, 0.29) is 5.56 Å². The lowest BCUT2D eigenvalue weighted by Gasteiger charge is -2.09. The van der Waals surface area contributed by atoms with Gasteiger partial charge >= 0.3 is 12.0 Å². The molecule has 7 nitrogen and oxygen atoms in total. The van der Waals surface area contributed by atoms with Crippen molar-refractivity contribution in [2.75, 3.05) is 10.6 Å². The van der Waals surface area contributed by atoms with Crippen molar-refractivity contribution in [1.82, 2.24) is 10.2 Å². The highest BCUT2D eigenvalue weighted by atomic mass is 79.9. The number of carbonyl (C=O) groups excluding carboxylic acids is 1. The zero-order valence-electron chi connectivity index (χ0n) is 11.3. The van der Waals surface area contributed by atoms with Crippen LogP contribution in [0.2, 0.25) is 0 Å². The minimum absolute atomic E-state index is 0.134. The maximum atomic E-state index is 12.0. The van der Waals surface area contributed by atoms with E-state index in [9.17, 15) is 9.59 Å². The summed E-state index contributed by atoms with van der Waals surface area (Å²) in [6.45, 7) is 3.57. The second kappa shape index (κ2) is 5.96. The van der Waals surface area contributed by atoms with Gasteiger partial charge in [0.25, 0.3) is 0 Å². The molecule has 2 rings (SSSR count). The Kier molecular flexibility index (Phi) is 4.27. The Labute approximate surface area is 128 Å². The number of aromatic carboxylic acids is 1. The van der Waals surface area contributed by atoms with Gasteiger partial charge < -0.3 is 15.7 Å². The number of carbonyl (C=O) groups is 2. The fraction of sp³-hybridized carbons (Fsp3) is 0.154. The first-order valence-electron chi connectivity index (χ1n) is 6.01. The fourth-order valence-electron chi connectivity index (χ4n) is 1.75. The van der Waals surface area contributed by atoms with Crippen LogP contribution in [0.3, 0.4) is 0 Å². The maximum absolute atomic E-state index is 12.0. The highest BCUT2D eigenvalue weighted by Gasteiger charge is 2.12. The molecule has 1 heterocycles. The van der Waals surface area contributed by atoms with Crippen LogP contribution in [0.15, 0.2) is 22.7 Å². The zero-order valence-corrected chi connectivity index (χ0v) is 12.9. The summed E-state index contributed by atoms with van der Waals surface area (Å²) >= 11 is 3.23. The van der Waals surface area contributed by atoms with Crippen LogP contribution in [0.1, 0.15) is 21.7 Å². The van der Waals surface area contributed by atoms with Gasteiger partial charge in [0.15, 0.2) is 0 Å². The molecule has 4 N–H and O–H groups in total.